The smallest absolute Gasteiger partial charge is 0.268 e. The molecule has 0 spiro atoms. The predicted octanol–water partition coefficient (Wildman–Crippen LogP) is 3.22. The van der Waals surface area contributed by atoms with Crippen LogP contribution in [0.3, 0.4) is 0 Å². The van der Waals surface area contributed by atoms with E-state index < -0.39 is 5.60 Å². The first kappa shape index (κ1) is 13.2. The Hall–Kier alpha value is -0.870. The van der Waals surface area contributed by atoms with E-state index in [0.29, 0.717) is 5.56 Å². The minimum atomic E-state index is -0.393. The van der Waals surface area contributed by atoms with Crippen molar-refractivity contribution in [2.75, 3.05) is 0 Å². The van der Waals surface area contributed by atoms with Gasteiger partial charge in [-0.15, -0.1) is 0 Å². The fraction of sp³-hybridized carbons (Fsp3) is 0.417. The van der Waals surface area contributed by atoms with E-state index in [2.05, 4.69) is 21.4 Å². The summed E-state index contributed by atoms with van der Waals surface area (Å²) in [5.41, 5.74) is 3.58. The maximum atomic E-state index is 11.8. The molecule has 0 saturated heterocycles. The lowest BCUT2D eigenvalue weighted by Crippen LogP contribution is -2.33. The largest absolute Gasteiger partial charge is 0.275 e. The molecule has 4 heteroatoms. The van der Waals surface area contributed by atoms with Gasteiger partial charge in [0.2, 0.25) is 0 Å². The third-order valence-corrected chi connectivity index (χ3v) is 2.39. The quantitative estimate of drug-likeness (QED) is 0.848. The Morgan fingerprint density at radius 2 is 2.00 bits per heavy atom. The molecular weight excluding hydrogens is 270 g/mol. The molecule has 88 valence electrons. The second-order valence-electron chi connectivity index (χ2n) is 4.60. The zero-order valence-electron chi connectivity index (χ0n) is 9.93. The van der Waals surface area contributed by atoms with Crippen LogP contribution < -0.4 is 5.48 Å². The highest BCUT2D eigenvalue weighted by molar-refractivity contribution is 9.10. The van der Waals surface area contributed by atoms with E-state index in [1.165, 1.54) is 0 Å². The average Bonchev–Trinajstić information content (AvgIpc) is 2.17. The molecule has 0 aliphatic heterocycles. The van der Waals surface area contributed by atoms with Gasteiger partial charge in [-0.2, -0.15) is 0 Å². The van der Waals surface area contributed by atoms with Gasteiger partial charge in [-0.1, -0.05) is 22.0 Å². The Kier molecular flexibility index (Phi) is 4.10. The van der Waals surface area contributed by atoms with Crippen molar-refractivity contribution in [2.45, 2.75) is 33.3 Å². The summed E-state index contributed by atoms with van der Waals surface area (Å²) in [7, 11) is 0. The van der Waals surface area contributed by atoms with Crippen molar-refractivity contribution in [1.82, 2.24) is 5.48 Å². The first-order valence-corrected chi connectivity index (χ1v) is 5.83. The van der Waals surface area contributed by atoms with E-state index in [0.717, 1.165) is 10.0 Å². The van der Waals surface area contributed by atoms with Crippen molar-refractivity contribution >= 4 is 21.8 Å². The van der Waals surface area contributed by atoms with Crippen LogP contribution in [0.4, 0.5) is 0 Å². The summed E-state index contributed by atoms with van der Waals surface area (Å²) < 4.78 is 0.874. The van der Waals surface area contributed by atoms with Crippen molar-refractivity contribution < 1.29 is 9.63 Å². The molecule has 1 rings (SSSR count). The molecule has 1 amide bonds. The number of hydrogen-bond donors (Lipinski definition) is 1. The number of halogens is 1. The number of amides is 1. The molecule has 0 bridgehead atoms. The van der Waals surface area contributed by atoms with Crippen LogP contribution in [0.15, 0.2) is 22.7 Å². The van der Waals surface area contributed by atoms with Crippen LogP contribution in [-0.4, -0.2) is 11.5 Å². The molecule has 0 atom stereocenters. The zero-order chi connectivity index (χ0) is 12.3. The lowest BCUT2D eigenvalue weighted by Gasteiger charge is -2.19. The second kappa shape index (κ2) is 4.97. The second-order valence-corrected chi connectivity index (χ2v) is 5.52. The van der Waals surface area contributed by atoms with Crippen molar-refractivity contribution in [3.63, 3.8) is 0 Å². The minimum Gasteiger partial charge on any atom is -0.268 e. The van der Waals surface area contributed by atoms with Crippen LogP contribution in [0.5, 0.6) is 0 Å². The summed E-state index contributed by atoms with van der Waals surface area (Å²) in [6.07, 6.45) is 0. The number of hydroxylamine groups is 1. The SMILES string of the molecule is Cc1ccc(Br)cc1C(=O)NOC(C)(C)C. The van der Waals surface area contributed by atoms with Gasteiger partial charge >= 0.3 is 0 Å². The predicted molar refractivity (Wildman–Crippen MR) is 67.2 cm³/mol. The zero-order valence-corrected chi connectivity index (χ0v) is 11.5. The third-order valence-electron chi connectivity index (χ3n) is 1.89. The van der Waals surface area contributed by atoms with Crippen LogP contribution >= 0.6 is 15.9 Å². The molecule has 1 aromatic carbocycles. The molecule has 0 heterocycles. The van der Waals surface area contributed by atoms with E-state index >= 15 is 0 Å². The van der Waals surface area contributed by atoms with Crippen LogP contribution in [0.1, 0.15) is 36.7 Å². The van der Waals surface area contributed by atoms with Crippen LogP contribution in [0, 0.1) is 6.92 Å². The minimum absolute atomic E-state index is 0.228. The van der Waals surface area contributed by atoms with Crippen molar-refractivity contribution in [2.24, 2.45) is 0 Å². The molecule has 3 nitrogen and oxygen atoms in total. The van der Waals surface area contributed by atoms with E-state index in [-0.39, 0.29) is 5.91 Å². The van der Waals surface area contributed by atoms with Crippen LogP contribution in [0.2, 0.25) is 0 Å². The summed E-state index contributed by atoms with van der Waals surface area (Å²) in [6, 6.07) is 5.56. The molecule has 1 N–H and O–H groups in total. The third kappa shape index (κ3) is 3.94. The van der Waals surface area contributed by atoms with E-state index in [1.54, 1.807) is 6.07 Å². The van der Waals surface area contributed by atoms with E-state index in [9.17, 15) is 4.79 Å². The number of rotatable bonds is 2. The fourth-order valence-electron chi connectivity index (χ4n) is 1.09. The lowest BCUT2D eigenvalue weighted by molar-refractivity contribution is -0.0590. The van der Waals surface area contributed by atoms with Crippen molar-refractivity contribution in [3.05, 3.63) is 33.8 Å². The summed E-state index contributed by atoms with van der Waals surface area (Å²) in [5.74, 6) is -0.228. The average molecular weight is 286 g/mol. The molecule has 1 aromatic rings. The van der Waals surface area contributed by atoms with Gasteiger partial charge in [-0.25, -0.2) is 5.48 Å². The van der Waals surface area contributed by atoms with Crippen LogP contribution in [-0.2, 0) is 4.84 Å². The topological polar surface area (TPSA) is 38.3 Å². The van der Waals surface area contributed by atoms with E-state index in [1.807, 2.05) is 39.8 Å². The first-order valence-electron chi connectivity index (χ1n) is 5.04. The van der Waals surface area contributed by atoms with Gasteiger partial charge in [0.15, 0.2) is 0 Å². The van der Waals surface area contributed by atoms with Gasteiger partial charge in [0, 0.05) is 10.0 Å². The summed E-state index contributed by atoms with van der Waals surface area (Å²) >= 11 is 3.33. The Bertz CT molecular complexity index is 396. The highest BCUT2D eigenvalue weighted by atomic mass is 79.9. The molecule has 0 aliphatic rings. The first-order chi connectivity index (χ1) is 7.29. The number of benzene rings is 1. The summed E-state index contributed by atoms with van der Waals surface area (Å²) in [5, 5.41) is 0. The molecular formula is C12H16BrNO2. The maximum Gasteiger partial charge on any atom is 0.275 e. The number of hydrogen-bond acceptors (Lipinski definition) is 2. The number of carbonyl (C=O) groups excluding carboxylic acids is 1. The summed E-state index contributed by atoms with van der Waals surface area (Å²) in [4.78, 5) is 17.0. The monoisotopic (exact) mass is 285 g/mol. The molecule has 16 heavy (non-hydrogen) atoms. The molecule has 0 fully saturated rings. The van der Waals surface area contributed by atoms with Crippen LogP contribution in [0.25, 0.3) is 0 Å². The Morgan fingerprint density at radius 1 is 1.38 bits per heavy atom. The van der Waals surface area contributed by atoms with Gasteiger partial charge in [-0.3, -0.25) is 9.63 Å². The standard InChI is InChI=1S/C12H16BrNO2/c1-8-5-6-9(13)7-10(8)11(15)14-16-12(2,3)4/h5-7H,1-4H3,(H,14,15). The number of nitrogens with one attached hydrogen (secondary N) is 1. The fourth-order valence-corrected chi connectivity index (χ4v) is 1.45. The van der Waals surface area contributed by atoms with Crippen molar-refractivity contribution in [1.29, 1.82) is 0 Å². The highest BCUT2D eigenvalue weighted by Gasteiger charge is 2.15. The molecule has 0 radical (unpaired) electrons. The van der Waals surface area contributed by atoms with Gasteiger partial charge < -0.3 is 0 Å². The maximum absolute atomic E-state index is 11.8. The lowest BCUT2D eigenvalue weighted by atomic mass is 10.1. The van der Waals surface area contributed by atoms with Gasteiger partial charge in [0.1, 0.15) is 0 Å². The highest BCUT2D eigenvalue weighted by Crippen LogP contribution is 2.16. The van der Waals surface area contributed by atoms with Crippen molar-refractivity contribution in [3.8, 4) is 0 Å². The normalized spacial score (nSPS) is 11.3. The number of aryl methyl sites for hydroxylation is 1. The Balaban J connectivity index is 2.77. The molecule has 0 unspecified atom stereocenters. The molecule has 0 saturated carbocycles. The molecule has 0 aromatic heterocycles. The van der Waals surface area contributed by atoms with Gasteiger partial charge in [0.25, 0.3) is 5.91 Å². The van der Waals surface area contributed by atoms with Gasteiger partial charge in [-0.05, 0) is 45.4 Å². The van der Waals surface area contributed by atoms with Gasteiger partial charge in [0.05, 0.1) is 5.60 Å². The summed E-state index contributed by atoms with van der Waals surface area (Å²) in [6.45, 7) is 7.52. The molecule has 0 aliphatic carbocycles. The Labute approximate surface area is 104 Å². The Morgan fingerprint density at radius 3 is 2.56 bits per heavy atom. The van der Waals surface area contributed by atoms with E-state index in [4.69, 9.17) is 4.84 Å². The number of carbonyl (C=O) groups is 1.